The molecule has 0 aromatic heterocycles. The van der Waals surface area contributed by atoms with E-state index < -0.39 is 5.97 Å². The molecule has 1 aromatic rings. The zero-order valence-corrected chi connectivity index (χ0v) is 13.7. The highest BCUT2D eigenvalue weighted by Crippen LogP contribution is 2.26. The highest BCUT2D eigenvalue weighted by molar-refractivity contribution is 9.10. The van der Waals surface area contributed by atoms with Crippen molar-refractivity contribution in [1.29, 1.82) is 0 Å². The molecule has 1 heterocycles. The third-order valence-corrected chi connectivity index (χ3v) is 5.39. The molecule has 20 heavy (non-hydrogen) atoms. The SMILES string of the molecule is O=C(O)CC1CSCCN1C(=O)c1ccc(Br)c(Cl)c1. The van der Waals surface area contributed by atoms with Crippen LogP contribution in [0, 0.1) is 0 Å². The van der Waals surface area contributed by atoms with E-state index in [9.17, 15) is 9.59 Å². The molecular formula is C13H13BrClNO3S. The van der Waals surface area contributed by atoms with E-state index in [0.29, 0.717) is 22.9 Å². The molecule has 2 rings (SSSR count). The van der Waals surface area contributed by atoms with Crippen molar-refractivity contribution in [2.75, 3.05) is 18.1 Å². The number of carboxylic acid groups (broad SMARTS) is 1. The lowest BCUT2D eigenvalue weighted by Crippen LogP contribution is -2.47. The van der Waals surface area contributed by atoms with Gasteiger partial charge in [0.15, 0.2) is 0 Å². The molecule has 1 aliphatic heterocycles. The summed E-state index contributed by atoms with van der Waals surface area (Å²) in [6.07, 6.45) is -0.0248. The summed E-state index contributed by atoms with van der Waals surface area (Å²) < 4.78 is 0.729. The van der Waals surface area contributed by atoms with Gasteiger partial charge in [0.2, 0.25) is 0 Å². The predicted octanol–water partition coefficient (Wildman–Crippen LogP) is 3.13. The highest BCUT2D eigenvalue weighted by Gasteiger charge is 2.29. The summed E-state index contributed by atoms with van der Waals surface area (Å²) in [5.41, 5.74) is 0.487. The lowest BCUT2D eigenvalue weighted by atomic mass is 10.1. The first kappa shape index (κ1) is 15.7. The first-order valence-corrected chi connectivity index (χ1v) is 8.37. The van der Waals surface area contributed by atoms with Crippen molar-refractivity contribution in [1.82, 2.24) is 4.90 Å². The number of carboxylic acids is 1. The lowest BCUT2D eigenvalue weighted by Gasteiger charge is -2.34. The van der Waals surface area contributed by atoms with Crippen LogP contribution in [-0.4, -0.2) is 46.0 Å². The van der Waals surface area contributed by atoms with Gasteiger partial charge in [-0.2, -0.15) is 11.8 Å². The number of hydrogen-bond donors (Lipinski definition) is 1. The third kappa shape index (κ3) is 3.68. The zero-order valence-electron chi connectivity index (χ0n) is 10.5. The van der Waals surface area contributed by atoms with Crippen LogP contribution in [0.4, 0.5) is 0 Å². The first-order valence-electron chi connectivity index (χ1n) is 6.04. The normalized spacial score (nSPS) is 18.9. The van der Waals surface area contributed by atoms with Crippen molar-refractivity contribution in [2.24, 2.45) is 0 Å². The molecule has 0 radical (unpaired) electrons. The number of thioether (sulfide) groups is 1. The van der Waals surface area contributed by atoms with E-state index in [2.05, 4.69) is 15.9 Å². The Bertz CT molecular complexity index is 540. The quantitative estimate of drug-likeness (QED) is 0.878. The van der Waals surface area contributed by atoms with E-state index in [1.54, 1.807) is 34.9 Å². The average Bonchev–Trinajstić information content (AvgIpc) is 2.41. The Morgan fingerprint density at radius 2 is 2.25 bits per heavy atom. The standard InChI is InChI=1S/C13H13BrClNO3S/c14-10-2-1-8(5-11(10)15)13(19)16-3-4-20-7-9(16)6-12(17)18/h1-2,5,9H,3-4,6-7H2,(H,17,18). The van der Waals surface area contributed by atoms with Gasteiger partial charge in [0.25, 0.3) is 5.91 Å². The third-order valence-electron chi connectivity index (χ3n) is 3.07. The summed E-state index contributed by atoms with van der Waals surface area (Å²) >= 11 is 11.0. The largest absolute Gasteiger partial charge is 0.481 e. The molecule has 1 atom stereocenters. The van der Waals surface area contributed by atoms with Crippen LogP contribution in [0.15, 0.2) is 22.7 Å². The Kier molecular flexibility index (Phi) is 5.35. The van der Waals surface area contributed by atoms with Crippen LogP contribution in [0.1, 0.15) is 16.8 Å². The smallest absolute Gasteiger partial charge is 0.305 e. The number of benzene rings is 1. The van der Waals surface area contributed by atoms with E-state index in [-0.39, 0.29) is 18.4 Å². The Morgan fingerprint density at radius 3 is 2.90 bits per heavy atom. The van der Waals surface area contributed by atoms with Gasteiger partial charge in [-0.15, -0.1) is 0 Å². The van der Waals surface area contributed by atoms with Gasteiger partial charge >= 0.3 is 5.97 Å². The van der Waals surface area contributed by atoms with Crippen LogP contribution >= 0.6 is 39.3 Å². The summed E-state index contributed by atoms with van der Waals surface area (Å²) in [6, 6.07) is 4.76. The van der Waals surface area contributed by atoms with Gasteiger partial charge < -0.3 is 10.0 Å². The zero-order chi connectivity index (χ0) is 14.7. The van der Waals surface area contributed by atoms with E-state index in [4.69, 9.17) is 16.7 Å². The fraction of sp³-hybridized carbons (Fsp3) is 0.385. The van der Waals surface area contributed by atoms with Crippen LogP contribution in [0.2, 0.25) is 5.02 Å². The maximum Gasteiger partial charge on any atom is 0.305 e. The number of nitrogens with zero attached hydrogens (tertiary/aromatic N) is 1. The van der Waals surface area contributed by atoms with E-state index >= 15 is 0 Å². The second-order valence-corrected chi connectivity index (χ2v) is 6.87. The number of carbonyl (C=O) groups is 2. The van der Waals surface area contributed by atoms with Crippen molar-refractivity contribution in [3.05, 3.63) is 33.3 Å². The Balaban J connectivity index is 2.20. The lowest BCUT2D eigenvalue weighted by molar-refractivity contribution is -0.138. The van der Waals surface area contributed by atoms with Gasteiger partial charge in [-0.05, 0) is 34.1 Å². The van der Waals surface area contributed by atoms with Gasteiger partial charge in [-0.1, -0.05) is 11.6 Å². The van der Waals surface area contributed by atoms with Crippen molar-refractivity contribution < 1.29 is 14.7 Å². The van der Waals surface area contributed by atoms with Crippen molar-refractivity contribution in [3.8, 4) is 0 Å². The molecule has 0 saturated carbocycles. The predicted molar refractivity (Wildman–Crippen MR) is 83.6 cm³/mol. The maximum absolute atomic E-state index is 12.5. The number of aliphatic carboxylic acids is 1. The molecule has 1 saturated heterocycles. The number of rotatable bonds is 3. The van der Waals surface area contributed by atoms with Gasteiger partial charge in [0.05, 0.1) is 17.5 Å². The Hall–Kier alpha value is -0.720. The van der Waals surface area contributed by atoms with Crippen LogP contribution in [0.3, 0.4) is 0 Å². The molecule has 1 aromatic carbocycles. The molecule has 0 aliphatic carbocycles. The molecular weight excluding hydrogens is 366 g/mol. The summed E-state index contributed by atoms with van der Waals surface area (Å²) in [7, 11) is 0. The molecule has 1 fully saturated rings. The number of carbonyl (C=O) groups excluding carboxylic acids is 1. The summed E-state index contributed by atoms with van der Waals surface area (Å²) in [6.45, 7) is 0.565. The second kappa shape index (κ2) is 6.83. The van der Waals surface area contributed by atoms with Crippen molar-refractivity contribution >= 4 is 51.2 Å². The van der Waals surface area contributed by atoms with Gasteiger partial charge in [0, 0.05) is 28.1 Å². The molecule has 1 N–H and O–H groups in total. The highest BCUT2D eigenvalue weighted by atomic mass is 79.9. The molecule has 108 valence electrons. The van der Waals surface area contributed by atoms with Crippen LogP contribution in [0.25, 0.3) is 0 Å². The monoisotopic (exact) mass is 377 g/mol. The van der Waals surface area contributed by atoms with E-state index in [1.807, 2.05) is 0 Å². The van der Waals surface area contributed by atoms with Crippen LogP contribution < -0.4 is 0 Å². The topological polar surface area (TPSA) is 57.6 Å². The van der Waals surface area contributed by atoms with Crippen molar-refractivity contribution in [2.45, 2.75) is 12.5 Å². The fourth-order valence-electron chi connectivity index (χ4n) is 2.09. The molecule has 0 spiro atoms. The molecule has 4 nitrogen and oxygen atoms in total. The second-order valence-electron chi connectivity index (χ2n) is 4.45. The molecule has 1 amide bonds. The number of hydrogen-bond acceptors (Lipinski definition) is 3. The van der Waals surface area contributed by atoms with Gasteiger partial charge in [-0.3, -0.25) is 9.59 Å². The fourth-order valence-corrected chi connectivity index (χ4v) is 3.58. The molecule has 0 bridgehead atoms. The minimum absolute atomic E-state index is 0.0248. The number of amides is 1. The van der Waals surface area contributed by atoms with Gasteiger partial charge in [-0.25, -0.2) is 0 Å². The summed E-state index contributed by atoms with van der Waals surface area (Å²) in [4.78, 5) is 25.0. The number of halogens is 2. The molecule has 1 unspecified atom stereocenters. The molecule has 1 aliphatic rings. The maximum atomic E-state index is 12.5. The van der Waals surface area contributed by atoms with Crippen LogP contribution in [0.5, 0.6) is 0 Å². The minimum atomic E-state index is -0.885. The van der Waals surface area contributed by atoms with E-state index in [0.717, 1.165) is 10.2 Å². The first-order chi connectivity index (χ1) is 9.49. The Labute approximate surface area is 134 Å². The Morgan fingerprint density at radius 1 is 1.50 bits per heavy atom. The van der Waals surface area contributed by atoms with Crippen molar-refractivity contribution in [3.63, 3.8) is 0 Å². The molecule has 7 heteroatoms. The van der Waals surface area contributed by atoms with Crippen LogP contribution in [-0.2, 0) is 4.79 Å². The van der Waals surface area contributed by atoms with E-state index in [1.165, 1.54) is 0 Å². The van der Waals surface area contributed by atoms with Gasteiger partial charge in [0.1, 0.15) is 0 Å². The summed E-state index contributed by atoms with van der Waals surface area (Å²) in [5, 5.41) is 9.41. The minimum Gasteiger partial charge on any atom is -0.481 e. The average molecular weight is 379 g/mol. The summed E-state index contributed by atoms with van der Waals surface area (Å²) in [5.74, 6) is 0.434.